The molecule has 0 aliphatic rings. The van der Waals surface area contributed by atoms with E-state index in [-0.39, 0.29) is 15.5 Å². The van der Waals surface area contributed by atoms with Crippen molar-refractivity contribution in [1.29, 1.82) is 0 Å². The number of aromatic nitrogens is 2. The summed E-state index contributed by atoms with van der Waals surface area (Å²) in [5.74, 6) is -0.0593. The summed E-state index contributed by atoms with van der Waals surface area (Å²) in [6.07, 6.45) is -2.82. The van der Waals surface area contributed by atoms with E-state index in [1.165, 1.54) is 66.2 Å². The second-order valence-corrected chi connectivity index (χ2v) is 9.97. The summed E-state index contributed by atoms with van der Waals surface area (Å²) >= 11 is 0. The zero-order valence-electron chi connectivity index (χ0n) is 15.2. The van der Waals surface area contributed by atoms with Gasteiger partial charge in [0.05, 0.1) is 26.9 Å². The van der Waals surface area contributed by atoms with E-state index in [2.05, 4.69) is 5.10 Å². The number of benzene rings is 2. The summed E-state index contributed by atoms with van der Waals surface area (Å²) in [4.78, 5) is -0.000400. The largest absolute Gasteiger partial charge is 0.282 e. The Labute approximate surface area is 166 Å². The second kappa shape index (κ2) is 7.65. The first kappa shape index (κ1) is 21.1. The van der Waals surface area contributed by atoms with Crippen molar-refractivity contribution >= 4 is 19.9 Å². The van der Waals surface area contributed by atoms with Gasteiger partial charge in [0.1, 0.15) is 5.69 Å². The van der Waals surface area contributed by atoms with Gasteiger partial charge in [-0.2, -0.15) is 5.10 Å². The molecule has 7 nitrogen and oxygen atoms in total. The fourth-order valence-electron chi connectivity index (χ4n) is 2.69. The number of primary sulfonamides is 1. The molecule has 0 amide bonds. The average Bonchev–Trinajstić information content (AvgIpc) is 3.13. The number of rotatable bonds is 6. The van der Waals surface area contributed by atoms with Gasteiger partial charge in [0, 0.05) is 5.56 Å². The highest BCUT2D eigenvalue weighted by Gasteiger charge is 2.19. The van der Waals surface area contributed by atoms with E-state index in [0.29, 0.717) is 16.9 Å². The van der Waals surface area contributed by atoms with E-state index in [1.807, 2.05) is 0 Å². The summed E-state index contributed by atoms with van der Waals surface area (Å²) in [7, 11) is -7.30. The molecule has 3 rings (SSSR count). The van der Waals surface area contributed by atoms with E-state index in [4.69, 9.17) is 5.14 Å². The SMILES string of the molecule is CCS(=O)(=O)c1ccc(-c2cc(C(F)F)nn2-c2ccc(S(N)(=O)=O)cc2)cc1. The van der Waals surface area contributed by atoms with Crippen molar-refractivity contribution in [2.75, 3.05) is 5.75 Å². The van der Waals surface area contributed by atoms with Crippen LogP contribution in [0.4, 0.5) is 8.78 Å². The van der Waals surface area contributed by atoms with Crippen LogP contribution in [-0.2, 0) is 19.9 Å². The molecule has 0 aliphatic carbocycles. The van der Waals surface area contributed by atoms with Gasteiger partial charge in [-0.25, -0.2) is 35.4 Å². The predicted octanol–water partition coefficient (Wildman–Crippen LogP) is 2.92. The maximum Gasteiger partial charge on any atom is 0.282 e. The van der Waals surface area contributed by atoms with Crippen LogP contribution < -0.4 is 5.14 Å². The number of hydrogen-bond acceptors (Lipinski definition) is 5. The highest BCUT2D eigenvalue weighted by molar-refractivity contribution is 7.91. The van der Waals surface area contributed by atoms with Gasteiger partial charge in [-0.1, -0.05) is 19.1 Å². The quantitative estimate of drug-likeness (QED) is 0.632. The van der Waals surface area contributed by atoms with Crippen molar-refractivity contribution in [2.45, 2.75) is 23.1 Å². The molecule has 1 heterocycles. The standard InChI is InChI=1S/C18H17F2N3O4S2/c1-2-28(24,25)14-7-3-12(4-8-14)17-11-16(18(19)20)22-23(17)13-5-9-15(10-6-13)29(21,26)27/h3-11,18H,2H2,1H3,(H2,21,26,27). The van der Waals surface area contributed by atoms with Crippen LogP contribution >= 0.6 is 0 Å². The lowest BCUT2D eigenvalue weighted by Gasteiger charge is -2.09. The average molecular weight is 441 g/mol. The van der Waals surface area contributed by atoms with Crippen LogP contribution in [-0.4, -0.2) is 32.4 Å². The minimum atomic E-state index is -3.90. The zero-order chi connectivity index (χ0) is 21.4. The van der Waals surface area contributed by atoms with Gasteiger partial charge in [0.25, 0.3) is 6.43 Å². The Morgan fingerprint density at radius 2 is 1.52 bits per heavy atom. The molecular formula is C18H17F2N3O4S2. The predicted molar refractivity (Wildman–Crippen MR) is 103 cm³/mol. The summed E-state index contributed by atoms with van der Waals surface area (Å²) in [6, 6.07) is 12.3. The summed E-state index contributed by atoms with van der Waals surface area (Å²) in [5.41, 5.74) is 0.629. The van der Waals surface area contributed by atoms with E-state index in [1.54, 1.807) is 0 Å². The lowest BCUT2D eigenvalue weighted by molar-refractivity contribution is 0.145. The molecule has 29 heavy (non-hydrogen) atoms. The normalized spacial score (nSPS) is 12.4. The van der Waals surface area contributed by atoms with E-state index in [9.17, 15) is 25.6 Å². The Morgan fingerprint density at radius 3 is 2.00 bits per heavy atom. The van der Waals surface area contributed by atoms with Crippen LogP contribution in [0.3, 0.4) is 0 Å². The molecule has 0 saturated heterocycles. The van der Waals surface area contributed by atoms with Crippen LogP contribution in [0.1, 0.15) is 19.0 Å². The zero-order valence-corrected chi connectivity index (χ0v) is 16.8. The molecule has 0 saturated carbocycles. The van der Waals surface area contributed by atoms with Crippen molar-refractivity contribution in [2.24, 2.45) is 5.14 Å². The molecule has 0 atom stereocenters. The molecule has 0 unspecified atom stereocenters. The van der Waals surface area contributed by atoms with Crippen molar-refractivity contribution in [1.82, 2.24) is 9.78 Å². The molecule has 2 aromatic carbocycles. The summed E-state index contributed by atoms with van der Waals surface area (Å²) in [6.45, 7) is 1.53. The Hall–Kier alpha value is -2.63. The minimum absolute atomic E-state index is 0.0593. The molecule has 154 valence electrons. The highest BCUT2D eigenvalue weighted by Crippen LogP contribution is 2.29. The molecule has 1 aromatic heterocycles. The second-order valence-electron chi connectivity index (χ2n) is 6.13. The van der Waals surface area contributed by atoms with Crippen LogP contribution in [0.5, 0.6) is 0 Å². The number of hydrogen-bond donors (Lipinski definition) is 1. The number of sulfone groups is 1. The first-order valence-electron chi connectivity index (χ1n) is 8.37. The lowest BCUT2D eigenvalue weighted by atomic mass is 10.1. The number of halogens is 2. The molecule has 3 aromatic rings. The van der Waals surface area contributed by atoms with Gasteiger partial charge < -0.3 is 0 Å². The first-order chi connectivity index (χ1) is 13.5. The van der Waals surface area contributed by atoms with Gasteiger partial charge in [0.15, 0.2) is 9.84 Å². The Morgan fingerprint density at radius 1 is 0.966 bits per heavy atom. The van der Waals surface area contributed by atoms with Gasteiger partial charge in [-0.15, -0.1) is 0 Å². The van der Waals surface area contributed by atoms with Gasteiger partial charge in [-0.3, -0.25) is 0 Å². The van der Waals surface area contributed by atoms with Crippen LogP contribution in [0.2, 0.25) is 0 Å². The van der Waals surface area contributed by atoms with Crippen LogP contribution in [0.15, 0.2) is 64.4 Å². The number of nitrogens with zero attached hydrogens (tertiary/aromatic N) is 2. The Bertz CT molecular complexity index is 1240. The molecule has 0 radical (unpaired) electrons. The summed E-state index contributed by atoms with van der Waals surface area (Å²) in [5, 5.41) is 8.98. The van der Waals surface area contributed by atoms with Gasteiger partial charge >= 0.3 is 0 Å². The maximum atomic E-state index is 13.2. The third-order valence-electron chi connectivity index (χ3n) is 4.25. The third kappa shape index (κ3) is 4.36. The fourth-order valence-corrected chi connectivity index (χ4v) is 4.08. The van der Waals surface area contributed by atoms with E-state index < -0.39 is 32.0 Å². The summed E-state index contributed by atoms with van der Waals surface area (Å²) < 4.78 is 74.4. The smallest absolute Gasteiger partial charge is 0.233 e. The molecule has 0 fully saturated rings. The molecular weight excluding hydrogens is 424 g/mol. The Kier molecular flexibility index (Phi) is 5.57. The van der Waals surface area contributed by atoms with Crippen LogP contribution in [0, 0.1) is 0 Å². The lowest BCUT2D eigenvalue weighted by Crippen LogP contribution is -2.12. The molecule has 0 spiro atoms. The Balaban J connectivity index is 2.10. The van der Waals surface area contributed by atoms with Crippen molar-refractivity contribution in [3.8, 4) is 16.9 Å². The maximum absolute atomic E-state index is 13.2. The fraction of sp³-hybridized carbons (Fsp3) is 0.167. The van der Waals surface area contributed by atoms with Crippen molar-refractivity contribution < 1.29 is 25.6 Å². The topological polar surface area (TPSA) is 112 Å². The highest BCUT2D eigenvalue weighted by atomic mass is 32.2. The van der Waals surface area contributed by atoms with Crippen molar-refractivity contribution in [3.05, 3.63) is 60.3 Å². The minimum Gasteiger partial charge on any atom is -0.233 e. The van der Waals surface area contributed by atoms with Crippen molar-refractivity contribution in [3.63, 3.8) is 0 Å². The molecule has 11 heteroatoms. The number of sulfonamides is 1. The van der Waals surface area contributed by atoms with Crippen LogP contribution in [0.25, 0.3) is 16.9 Å². The van der Waals surface area contributed by atoms with Gasteiger partial charge in [0.2, 0.25) is 10.0 Å². The number of nitrogens with two attached hydrogens (primary N) is 1. The van der Waals surface area contributed by atoms with E-state index in [0.717, 1.165) is 0 Å². The number of alkyl halides is 2. The molecule has 0 aliphatic heterocycles. The monoisotopic (exact) mass is 441 g/mol. The van der Waals surface area contributed by atoms with E-state index >= 15 is 0 Å². The molecule has 0 bridgehead atoms. The first-order valence-corrected chi connectivity index (χ1v) is 11.6. The molecule has 2 N–H and O–H groups in total. The van der Waals surface area contributed by atoms with Gasteiger partial charge in [-0.05, 0) is 42.5 Å². The third-order valence-corrected chi connectivity index (χ3v) is 6.93.